The highest BCUT2D eigenvalue weighted by Crippen LogP contribution is 2.60. The van der Waals surface area contributed by atoms with Crippen LogP contribution in [0.4, 0.5) is 11.4 Å². The number of ether oxygens (including phenoxy) is 1. The Morgan fingerprint density at radius 3 is 2.79 bits per heavy atom. The van der Waals surface area contributed by atoms with Gasteiger partial charge in [-0.1, -0.05) is 48.3 Å². The number of fused-ring (bicyclic) bond motifs is 1. The molecule has 2 heterocycles. The number of thioether (sulfide) groups is 2. The summed E-state index contributed by atoms with van der Waals surface area (Å²) in [6.45, 7) is 9.47. The third-order valence-electron chi connectivity index (χ3n) is 5.65. The summed E-state index contributed by atoms with van der Waals surface area (Å²) in [6.07, 6.45) is 2.23. The van der Waals surface area contributed by atoms with E-state index >= 15 is 0 Å². The minimum Gasteiger partial charge on any atom is -0.456 e. The number of carbonyl (C=O) groups is 1. The van der Waals surface area contributed by atoms with Gasteiger partial charge in [0.1, 0.15) is 11.5 Å². The van der Waals surface area contributed by atoms with Gasteiger partial charge in [0.2, 0.25) is 5.91 Å². The minimum absolute atomic E-state index is 0.00878. The van der Waals surface area contributed by atoms with Crippen molar-refractivity contribution in [3.8, 4) is 5.75 Å². The first kappa shape index (κ1) is 23.6. The van der Waals surface area contributed by atoms with Crippen LogP contribution in [0.2, 0.25) is 0 Å². The van der Waals surface area contributed by atoms with E-state index in [0.29, 0.717) is 24.5 Å². The smallest absolute Gasteiger partial charge is 0.231 e. The molecule has 4 rings (SSSR count). The number of anilines is 2. The van der Waals surface area contributed by atoms with Gasteiger partial charge in [-0.3, -0.25) is 4.79 Å². The quantitative estimate of drug-likeness (QED) is 0.523. The summed E-state index contributed by atoms with van der Waals surface area (Å²) in [5.74, 6) is 1.23. The molecule has 2 aromatic carbocycles. The maximum absolute atomic E-state index is 13.2. The van der Waals surface area contributed by atoms with Crippen LogP contribution in [0.1, 0.15) is 25.8 Å². The Bertz CT molecular complexity index is 1100. The molecule has 1 amide bonds. The van der Waals surface area contributed by atoms with Crippen molar-refractivity contribution in [2.75, 3.05) is 30.4 Å². The van der Waals surface area contributed by atoms with Crippen molar-refractivity contribution < 1.29 is 14.6 Å². The Morgan fingerprint density at radius 1 is 1.27 bits per heavy atom. The first-order valence-electron chi connectivity index (χ1n) is 11.0. The van der Waals surface area contributed by atoms with E-state index in [0.717, 1.165) is 33.4 Å². The summed E-state index contributed by atoms with van der Waals surface area (Å²) in [5, 5.41) is 13.7. The van der Waals surface area contributed by atoms with E-state index in [4.69, 9.17) is 4.74 Å². The van der Waals surface area contributed by atoms with Gasteiger partial charge in [-0.05, 0) is 43.7 Å². The predicted molar refractivity (Wildman–Crippen MR) is 137 cm³/mol. The van der Waals surface area contributed by atoms with E-state index < -0.39 is 4.20 Å². The van der Waals surface area contributed by atoms with Crippen molar-refractivity contribution >= 4 is 40.8 Å². The first-order valence-corrected chi connectivity index (χ1v) is 12.6. The minimum atomic E-state index is -0.493. The van der Waals surface area contributed by atoms with Crippen molar-refractivity contribution in [2.24, 2.45) is 0 Å². The number of carbonyl (C=O) groups excluding carboxylic acids is 1. The van der Waals surface area contributed by atoms with Crippen molar-refractivity contribution in [2.45, 2.75) is 36.0 Å². The van der Waals surface area contributed by atoms with Crippen molar-refractivity contribution in [1.82, 2.24) is 4.90 Å². The zero-order valence-electron chi connectivity index (χ0n) is 19.1. The topological polar surface area (TPSA) is 65.0 Å². The van der Waals surface area contributed by atoms with Crippen LogP contribution >= 0.6 is 23.5 Å². The molecule has 1 unspecified atom stereocenters. The number of allylic oxidation sites excluding steroid dienone is 1. The lowest BCUT2D eigenvalue weighted by Gasteiger charge is -2.43. The van der Waals surface area contributed by atoms with E-state index in [1.807, 2.05) is 69.4 Å². The van der Waals surface area contributed by atoms with E-state index in [1.165, 1.54) is 0 Å². The van der Waals surface area contributed by atoms with Gasteiger partial charge in [-0.25, -0.2) is 0 Å². The summed E-state index contributed by atoms with van der Waals surface area (Å²) in [5.41, 5.74) is 2.79. The molecule has 2 aliphatic heterocycles. The fourth-order valence-electron chi connectivity index (χ4n) is 3.98. The fraction of sp³-hybridized carbons (Fsp3) is 0.320. The number of hydrogen-bond acceptors (Lipinski definition) is 7. The molecule has 8 heteroatoms. The Balaban J connectivity index is 1.62. The number of amides is 1. The van der Waals surface area contributed by atoms with E-state index in [-0.39, 0.29) is 12.5 Å². The number of nitrogens with one attached hydrogen (secondary N) is 1. The number of aliphatic hydroxyl groups excluding tert-OH is 1. The molecule has 2 aliphatic rings. The molecule has 2 aromatic rings. The molecular formula is C25H29N3O3S2. The van der Waals surface area contributed by atoms with Crippen molar-refractivity contribution in [1.29, 1.82) is 0 Å². The summed E-state index contributed by atoms with van der Waals surface area (Å²) in [7, 11) is 2.01. The molecule has 6 nitrogen and oxygen atoms in total. The van der Waals surface area contributed by atoms with Crippen LogP contribution in [-0.4, -0.2) is 40.3 Å². The van der Waals surface area contributed by atoms with E-state index in [9.17, 15) is 9.90 Å². The highest BCUT2D eigenvalue weighted by molar-refractivity contribution is 8.20. The second-order valence-corrected chi connectivity index (χ2v) is 10.7. The molecule has 1 spiro atoms. The SMILES string of the molecule is C=C(/C=C1\SC2(CC(=O)N1CC)Sc1ccc(CO)cc1N2C)Oc1ccccc1NCC. The van der Waals surface area contributed by atoms with Gasteiger partial charge in [0, 0.05) is 31.1 Å². The number of benzene rings is 2. The molecule has 0 radical (unpaired) electrons. The molecule has 0 aliphatic carbocycles. The number of hydrogen-bond donors (Lipinski definition) is 2. The Kier molecular flexibility index (Phi) is 6.97. The molecule has 0 bridgehead atoms. The van der Waals surface area contributed by atoms with Crippen molar-refractivity contribution in [3.05, 3.63) is 71.5 Å². The molecule has 2 N–H and O–H groups in total. The Hall–Kier alpha value is -2.55. The molecule has 33 heavy (non-hydrogen) atoms. The maximum Gasteiger partial charge on any atom is 0.231 e. The lowest BCUT2D eigenvalue weighted by atomic mass is 10.2. The molecule has 0 aromatic heterocycles. The second kappa shape index (κ2) is 9.75. The zero-order valence-corrected chi connectivity index (χ0v) is 20.8. The Morgan fingerprint density at radius 2 is 2.06 bits per heavy atom. The molecule has 1 fully saturated rings. The van der Waals surface area contributed by atoms with Gasteiger partial charge >= 0.3 is 0 Å². The molecule has 1 atom stereocenters. The largest absolute Gasteiger partial charge is 0.456 e. The molecule has 1 saturated heterocycles. The summed E-state index contributed by atoms with van der Waals surface area (Å²) in [4.78, 5) is 18.3. The average Bonchev–Trinajstić information content (AvgIpc) is 3.05. The zero-order chi connectivity index (χ0) is 23.6. The van der Waals surface area contributed by atoms with Crippen LogP contribution in [0, 0.1) is 0 Å². The highest BCUT2D eigenvalue weighted by atomic mass is 32.2. The van der Waals surface area contributed by atoms with E-state index in [1.54, 1.807) is 28.4 Å². The monoisotopic (exact) mass is 483 g/mol. The number of nitrogens with zero attached hydrogens (tertiary/aromatic N) is 2. The van der Waals surface area contributed by atoms with Crippen LogP contribution < -0.4 is 15.0 Å². The van der Waals surface area contributed by atoms with Crippen LogP contribution in [0.15, 0.2) is 70.8 Å². The first-order chi connectivity index (χ1) is 15.9. The van der Waals surface area contributed by atoms with Crippen LogP contribution in [0.3, 0.4) is 0 Å². The second-order valence-electron chi connectivity index (χ2n) is 7.83. The highest BCUT2D eigenvalue weighted by Gasteiger charge is 2.50. The number of aliphatic hydroxyl groups is 1. The third-order valence-corrected chi connectivity index (χ3v) is 8.74. The van der Waals surface area contributed by atoms with Gasteiger partial charge in [0.05, 0.1) is 29.4 Å². The fourth-order valence-corrected chi connectivity index (χ4v) is 7.17. The van der Waals surface area contributed by atoms with Gasteiger partial charge in [0.15, 0.2) is 4.20 Å². The van der Waals surface area contributed by atoms with Gasteiger partial charge < -0.3 is 25.0 Å². The number of rotatable bonds is 7. The molecule has 174 valence electrons. The molecular weight excluding hydrogens is 454 g/mol. The van der Waals surface area contributed by atoms with Gasteiger partial charge in [0.25, 0.3) is 0 Å². The Labute approximate surface area is 203 Å². The maximum atomic E-state index is 13.2. The number of para-hydroxylation sites is 2. The van der Waals surface area contributed by atoms with Crippen molar-refractivity contribution in [3.63, 3.8) is 0 Å². The summed E-state index contributed by atoms with van der Waals surface area (Å²) >= 11 is 3.33. The lowest BCUT2D eigenvalue weighted by molar-refractivity contribution is -0.129. The average molecular weight is 484 g/mol. The van der Waals surface area contributed by atoms with Gasteiger partial charge in [-0.2, -0.15) is 0 Å². The lowest BCUT2D eigenvalue weighted by Crippen LogP contribution is -2.48. The summed E-state index contributed by atoms with van der Waals surface area (Å²) in [6, 6.07) is 13.7. The van der Waals surface area contributed by atoms with Crippen LogP contribution in [0.5, 0.6) is 5.75 Å². The van der Waals surface area contributed by atoms with E-state index in [2.05, 4.69) is 16.8 Å². The standard InChI is InChI=1S/C25H29N3O3S2/c1-5-26-19-9-7-8-10-21(19)31-17(3)13-24-28(6-2)23(30)15-25(33-24)27(4)20-14-18(16-29)11-12-22(20)32-25/h7-14,26,29H,3,5-6,15-16H2,1-2,4H3/b24-13-. The summed E-state index contributed by atoms with van der Waals surface area (Å²) < 4.78 is 5.57. The normalized spacial score (nSPS) is 21.0. The van der Waals surface area contributed by atoms with Gasteiger partial charge in [-0.15, -0.1) is 0 Å². The van der Waals surface area contributed by atoms with Crippen LogP contribution in [-0.2, 0) is 11.4 Å². The molecule has 0 saturated carbocycles. The predicted octanol–water partition coefficient (Wildman–Crippen LogP) is 5.23. The third kappa shape index (κ3) is 4.60. The van der Waals surface area contributed by atoms with Crippen LogP contribution in [0.25, 0.3) is 0 Å².